The van der Waals surface area contributed by atoms with Crippen LogP contribution in [0.3, 0.4) is 0 Å². The van der Waals surface area contributed by atoms with Gasteiger partial charge in [0.1, 0.15) is 11.6 Å². The number of fused-ring (bicyclic) bond motifs is 4. The van der Waals surface area contributed by atoms with Crippen molar-refractivity contribution in [2.75, 3.05) is 12.0 Å². The van der Waals surface area contributed by atoms with Gasteiger partial charge in [0.25, 0.3) is 0 Å². The summed E-state index contributed by atoms with van der Waals surface area (Å²) in [6, 6.07) is 10.1. The lowest BCUT2D eigenvalue weighted by Gasteiger charge is -2.50. The number of carbonyl (C=O) groups excluding carboxylic acids is 2. The monoisotopic (exact) mass is 356 g/mol. The molecule has 0 radical (unpaired) electrons. The van der Waals surface area contributed by atoms with E-state index in [2.05, 4.69) is 5.32 Å². The first-order valence-corrected chi connectivity index (χ1v) is 8.19. The number of amides is 2. The predicted molar refractivity (Wildman–Crippen MR) is 91.6 cm³/mol. The molecule has 2 aromatic carbocycles. The first-order chi connectivity index (χ1) is 12.4. The molecule has 0 saturated carbocycles. The third kappa shape index (κ3) is 2.47. The highest BCUT2D eigenvalue weighted by atomic mass is 19.1. The Morgan fingerprint density at radius 3 is 2.88 bits per heavy atom. The molecule has 2 aromatic rings. The zero-order valence-electron chi connectivity index (χ0n) is 14.3. The normalized spacial score (nSPS) is 23.6. The Labute approximate surface area is 149 Å². The molecule has 1 N–H and O–H groups in total. The van der Waals surface area contributed by atoms with Gasteiger partial charge < -0.3 is 14.8 Å². The summed E-state index contributed by atoms with van der Waals surface area (Å²) in [5.74, 6) is -0.317. The van der Waals surface area contributed by atoms with E-state index in [9.17, 15) is 14.0 Å². The minimum atomic E-state index is -0.972. The van der Waals surface area contributed by atoms with E-state index >= 15 is 0 Å². The largest absolute Gasteiger partial charge is 0.467 e. The van der Waals surface area contributed by atoms with E-state index in [-0.39, 0.29) is 12.1 Å². The maximum Gasteiger partial charge on any atom is 0.337 e. The fourth-order valence-electron chi connectivity index (χ4n) is 3.63. The SMILES string of the molecule is COC(=O)c1ccc2c(c1)[C@H]1C[C@](C)(O2)N(c2cccc(F)c2)C(=O)N1. The highest BCUT2D eigenvalue weighted by Crippen LogP contribution is 2.45. The number of carbonyl (C=O) groups is 2. The topological polar surface area (TPSA) is 67.9 Å². The number of hydrogen-bond donors (Lipinski definition) is 1. The highest BCUT2D eigenvalue weighted by Gasteiger charge is 2.50. The van der Waals surface area contributed by atoms with Crippen LogP contribution in [-0.2, 0) is 4.74 Å². The van der Waals surface area contributed by atoms with Crippen molar-refractivity contribution < 1.29 is 23.5 Å². The molecule has 134 valence electrons. The minimum absolute atomic E-state index is 0.314. The standard InChI is InChI=1S/C19H17FN2O4/c1-19-10-15(14-8-11(17(23)25-2)6-7-16(14)26-19)21-18(24)22(19)13-5-3-4-12(20)9-13/h3-9,15H,10H2,1-2H3,(H,21,24)/t15-,19+/m1/s1. The molecule has 0 unspecified atom stereocenters. The van der Waals surface area contributed by atoms with Crippen LogP contribution >= 0.6 is 0 Å². The van der Waals surface area contributed by atoms with E-state index < -0.39 is 17.5 Å². The van der Waals surface area contributed by atoms with E-state index in [1.54, 1.807) is 37.3 Å². The molecule has 6 nitrogen and oxygen atoms in total. The quantitative estimate of drug-likeness (QED) is 0.838. The van der Waals surface area contributed by atoms with Crippen LogP contribution < -0.4 is 15.0 Å². The molecule has 0 aromatic heterocycles. The Hall–Kier alpha value is -3.09. The molecule has 1 fully saturated rings. The fourth-order valence-corrected chi connectivity index (χ4v) is 3.63. The number of urea groups is 1. The van der Waals surface area contributed by atoms with E-state index in [0.717, 1.165) is 5.56 Å². The van der Waals surface area contributed by atoms with E-state index in [1.165, 1.54) is 24.1 Å². The molecular weight excluding hydrogens is 339 g/mol. The number of ether oxygens (including phenoxy) is 2. The molecule has 7 heteroatoms. The maximum absolute atomic E-state index is 13.6. The lowest BCUT2D eigenvalue weighted by Crippen LogP contribution is -2.65. The number of benzene rings is 2. The third-order valence-corrected chi connectivity index (χ3v) is 4.76. The lowest BCUT2D eigenvalue weighted by atomic mass is 9.89. The van der Waals surface area contributed by atoms with Crippen LogP contribution in [0.4, 0.5) is 14.9 Å². The third-order valence-electron chi connectivity index (χ3n) is 4.76. The zero-order chi connectivity index (χ0) is 18.5. The summed E-state index contributed by atoms with van der Waals surface area (Å²) >= 11 is 0. The Kier molecular flexibility index (Phi) is 3.61. The van der Waals surface area contributed by atoms with Crippen molar-refractivity contribution in [2.45, 2.75) is 25.1 Å². The number of hydrogen-bond acceptors (Lipinski definition) is 4. The first-order valence-electron chi connectivity index (χ1n) is 8.19. The average Bonchev–Trinajstić information content (AvgIpc) is 2.60. The summed E-state index contributed by atoms with van der Waals surface area (Å²) in [5.41, 5.74) is 0.552. The van der Waals surface area contributed by atoms with Crippen LogP contribution in [0.15, 0.2) is 42.5 Å². The molecule has 2 heterocycles. The molecule has 2 atom stereocenters. The molecule has 1 saturated heterocycles. The average molecular weight is 356 g/mol. The first kappa shape index (κ1) is 16.4. The van der Waals surface area contributed by atoms with Gasteiger partial charge in [-0.15, -0.1) is 0 Å². The van der Waals surface area contributed by atoms with Gasteiger partial charge in [-0.3, -0.25) is 4.90 Å². The number of nitrogens with one attached hydrogen (secondary N) is 1. The summed E-state index contributed by atoms with van der Waals surface area (Å²) in [7, 11) is 1.31. The molecule has 0 aliphatic carbocycles. The van der Waals surface area contributed by atoms with Gasteiger partial charge in [-0.05, 0) is 43.3 Å². The predicted octanol–water partition coefficient (Wildman–Crippen LogP) is 3.38. The van der Waals surface area contributed by atoms with Crippen molar-refractivity contribution in [2.24, 2.45) is 0 Å². The van der Waals surface area contributed by atoms with Crippen molar-refractivity contribution in [3.05, 3.63) is 59.4 Å². The number of nitrogens with zero attached hydrogens (tertiary/aromatic N) is 1. The number of rotatable bonds is 2. The number of halogens is 1. The Bertz CT molecular complexity index is 916. The second-order valence-corrected chi connectivity index (χ2v) is 6.54. The summed E-state index contributed by atoms with van der Waals surface area (Å²) in [6.07, 6.45) is 0.451. The van der Waals surface area contributed by atoms with Crippen LogP contribution in [0.25, 0.3) is 0 Å². The van der Waals surface area contributed by atoms with Gasteiger partial charge in [0.15, 0.2) is 5.72 Å². The van der Waals surface area contributed by atoms with Crippen molar-refractivity contribution in [1.82, 2.24) is 5.32 Å². The second kappa shape index (κ2) is 5.72. The second-order valence-electron chi connectivity index (χ2n) is 6.54. The molecule has 2 amide bonds. The van der Waals surface area contributed by atoms with E-state index in [0.29, 0.717) is 23.4 Å². The van der Waals surface area contributed by atoms with E-state index in [4.69, 9.17) is 9.47 Å². The summed E-state index contributed by atoms with van der Waals surface area (Å²) in [6.45, 7) is 1.79. The molecule has 0 spiro atoms. The highest BCUT2D eigenvalue weighted by molar-refractivity contribution is 5.95. The van der Waals surface area contributed by atoms with Crippen LogP contribution in [0.1, 0.15) is 35.3 Å². The summed E-state index contributed by atoms with van der Waals surface area (Å²) in [5, 5.41) is 2.91. The molecule has 2 aliphatic rings. The van der Waals surface area contributed by atoms with Crippen molar-refractivity contribution in [1.29, 1.82) is 0 Å². The Morgan fingerprint density at radius 2 is 2.15 bits per heavy atom. The number of esters is 1. The summed E-state index contributed by atoms with van der Waals surface area (Å²) < 4.78 is 24.5. The van der Waals surface area contributed by atoms with Gasteiger partial charge in [-0.25, -0.2) is 14.0 Å². The van der Waals surface area contributed by atoms with Gasteiger partial charge in [-0.2, -0.15) is 0 Å². The van der Waals surface area contributed by atoms with Crippen LogP contribution in [0.5, 0.6) is 5.75 Å². The van der Waals surface area contributed by atoms with Crippen molar-refractivity contribution in [3.8, 4) is 5.75 Å². The lowest BCUT2D eigenvalue weighted by molar-refractivity contribution is 0.0377. The van der Waals surface area contributed by atoms with Gasteiger partial charge in [0.05, 0.1) is 24.4 Å². The van der Waals surface area contributed by atoms with Crippen LogP contribution in [0, 0.1) is 5.82 Å². The van der Waals surface area contributed by atoms with Crippen LogP contribution in [-0.4, -0.2) is 24.8 Å². The summed E-state index contributed by atoms with van der Waals surface area (Å²) in [4.78, 5) is 25.9. The Balaban J connectivity index is 1.76. The van der Waals surface area contributed by atoms with Gasteiger partial charge in [0.2, 0.25) is 0 Å². The number of anilines is 1. The minimum Gasteiger partial charge on any atom is -0.467 e. The molecular formula is C19H17FN2O4. The van der Waals surface area contributed by atoms with Crippen molar-refractivity contribution in [3.63, 3.8) is 0 Å². The van der Waals surface area contributed by atoms with Gasteiger partial charge >= 0.3 is 12.0 Å². The molecule has 2 bridgehead atoms. The fraction of sp³-hybridized carbons (Fsp3) is 0.263. The smallest absolute Gasteiger partial charge is 0.337 e. The maximum atomic E-state index is 13.6. The van der Waals surface area contributed by atoms with E-state index in [1.807, 2.05) is 0 Å². The molecule has 26 heavy (non-hydrogen) atoms. The number of methoxy groups -OCH3 is 1. The Morgan fingerprint density at radius 1 is 1.35 bits per heavy atom. The zero-order valence-corrected chi connectivity index (χ0v) is 14.3. The molecule has 4 rings (SSSR count). The van der Waals surface area contributed by atoms with Crippen molar-refractivity contribution >= 4 is 17.7 Å². The van der Waals surface area contributed by atoms with Gasteiger partial charge in [0, 0.05) is 12.0 Å². The molecule has 2 aliphatic heterocycles. The van der Waals surface area contributed by atoms with Crippen LogP contribution in [0.2, 0.25) is 0 Å². The van der Waals surface area contributed by atoms with Gasteiger partial charge in [-0.1, -0.05) is 6.07 Å².